The number of halogens is 3. The zero-order chi connectivity index (χ0) is 11.5. The zero-order valence-electron chi connectivity index (χ0n) is 7.84. The summed E-state index contributed by atoms with van der Waals surface area (Å²) in [7, 11) is 1.29. The molecule has 84 valence electrons. The van der Waals surface area contributed by atoms with E-state index < -0.39 is 12.2 Å². The Morgan fingerprint density at radius 3 is 2.53 bits per heavy atom. The van der Waals surface area contributed by atoms with E-state index in [1.165, 1.54) is 19.2 Å². The van der Waals surface area contributed by atoms with Gasteiger partial charge in [-0.25, -0.2) is 0 Å². The maximum atomic E-state index is 11.9. The first kappa shape index (κ1) is 11.6. The van der Waals surface area contributed by atoms with Crippen molar-refractivity contribution >= 4 is 0 Å². The molecule has 0 unspecified atom stereocenters. The molecule has 7 heteroatoms. The van der Waals surface area contributed by atoms with E-state index in [0.717, 1.165) is 0 Å². The summed E-state index contributed by atoms with van der Waals surface area (Å²) in [5.41, 5.74) is 5.39. The molecule has 0 bridgehead atoms. The van der Waals surface area contributed by atoms with Crippen LogP contribution in [-0.4, -0.2) is 18.5 Å². The van der Waals surface area contributed by atoms with Crippen molar-refractivity contribution in [3.63, 3.8) is 0 Å². The first-order valence-electron chi connectivity index (χ1n) is 3.96. The first-order chi connectivity index (χ1) is 6.96. The summed E-state index contributed by atoms with van der Waals surface area (Å²) < 4.78 is 44.2. The van der Waals surface area contributed by atoms with Crippen LogP contribution in [0.4, 0.5) is 13.2 Å². The van der Waals surface area contributed by atoms with Gasteiger partial charge >= 0.3 is 6.36 Å². The zero-order valence-corrected chi connectivity index (χ0v) is 7.84. The van der Waals surface area contributed by atoms with Gasteiger partial charge in [0, 0.05) is 18.2 Å². The van der Waals surface area contributed by atoms with Crippen LogP contribution in [-0.2, 0) is 6.54 Å². The molecule has 0 aromatic carbocycles. The van der Waals surface area contributed by atoms with E-state index in [9.17, 15) is 13.2 Å². The van der Waals surface area contributed by atoms with Crippen LogP contribution >= 0.6 is 0 Å². The first-order valence-corrected chi connectivity index (χ1v) is 3.96. The van der Waals surface area contributed by atoms with Crippen molar-refractivity contribution in [3.05, 3.63) is 17.7 Å². The van der Waals surface area contributed by atoms with Gasteiger partial charge in [-0.3, -0.25) is 0 Å². The molecule has 0 saturated carbocycles. The summed E-state index contributed by atoms with van der Waals surface area (Å²) >= 11 is 0. The van der Waals surface area contributed by atoms with Crippen LogP contribution in [0.2, 0.25) is 0 Å². The van der Waals surface area contributed by atoms with E-state index in [0.29, 0.717) is 0 Å². The van der Waals surface area contributed by atoms with Gasteiger partial charge in [-0.15, -0.1) is 13.2 Å². The van der Waals surface area contributed by atoms with Gasteiger partial charge in [0.05, 0.1) is 7.11 Å². The van der Waals surface area contributed by atoms with Crippen molar-refractivity contribution in [2.45, 2.75) is 12.9 Å². The van der Waals surface area contributed by atoms with E-state index in [2.05, 4.69) is 14.5 Å². The summed E-state index contributed by atoms with van der Waals surface area (Å²) in [5.74, 6) is -0.546. The Morgan fingerprint density at radius 2 is 2.07 bits per heavy atom. The van der Waals surface area contributed by atoms with Gasteiger partial charge in [-0.05, 0) is 6.07 Å². The number of hydrogen-bond donors (Lipinski definition) is 1. The number of ether oxygens (including phenoxy) is 2. The summed E-state index contributed by atoms with van der Waals surface area (Å²) in [6.45, 7) is -0.0948. The van der Waals surface area contributed by atoms with Crippen LogP contribution in [0, 0.1) is 0 Å². The third-order valence-electron chi connectivity index (χ3n) is 1.55. The van der Waals surface area contributed by atoms with Gasteiger partial charge in [-0.1, -0.05) is 0 Å². The van der Waals surface area contributed by atoms with Gasteiger partial charge < -0.3 is 15.2 Å². The van der Waals surface area contributed by atoms with Crippen molar-refractivity contribution in [3.8, 4) is 11.8 Å². The summed E-state index contributed by atoms with van der Waals surface area (Å²) in [6, 6.07) is 2.78. The number of nitrogens with two attached hydrogens (primary N) is 1. The van der Waals surface area contributed by atoms with Crippen molar-refractivity contribution in [2.24, 2.45) is 5.73 Å². The summed E-state index contributed by atoms with van der Waals surface area (Å²) in [4.78, 5) is 3.50. The van der Waals surface area contributed by atoms with Gasteiger partial charge in [0.25, 0.3) is 0 Å². The number of rotatable bonds is 3. The largest absolute Gasteiger partial charge is 0.574 e. The fraction of sp³-hybridized carbons (Fsp3) is 0.375. The second-order valence-electron chi connectivity index (χ2n) is 2.57. The molecule has 1 rings (SSSR count). The molecule has 1 aromatic heterocycles. The van der Waals surface area contributed by atoms with Gasteiger partial charge in [0.2, 0.25) is 11.8 Å². The molecule has 0 aliphatic heterocycles. The molecule has 1 aromatic rings. The van der Waals surface area contributed by atoms with E-state index in [4.69, 9.17) is 5.73 Å². The van der Waals surface area contributed by atoms with E-state index in [-0.39, 0.29) is 18.0 Å². The van der Waals surface area contributed by atoms with Crippen LogP contribution in [0.15, 0.2) is 12.1 Å². The highest BCUT2D eigenvalue weighted by Gasteiger charge is 2.32. The Balaban J connectivity index is 3.01. The fourth-order valence-electron chi connectivity index (χ4n) is 0.919. The third kappa shape index (κ3) is 3.28. The maximum Gasteiger partial charge on any atom is 0.574 e. The maximum absolute atomic E-state index is 11.9. The predicted molar refractivity (Wildman–Crippen MR) is 45.4 cm³/mol. The quantitative estimate of drug-likeness (QED) is 0.840. The Morgan fingerprint density at radius 1 is 1.40 bits per heavy atom. The van der Waals surface area contributed by atoms with Gasteiger partial charge in [0.1, 0.15) is 0 Å². The predicted octanol–water partition coefficient (Wildman–Crippen LogP) is 1.45. The minimum Gasteiger partial charge on any atom is -0.481 e. The van der Waals surface area contributed by atoms with E-state index in [1.807, 2.05) is 0 Å². The van der Waals surface area contributed by atoms with Crippen LogP contribution in [0.5, 0.6) is 11.8 Å². The normalized spacial score (nSPS) is 11.3. The van der Waals surface area contributed by atoms with Crippen LogP contribution in [0.1, 0.15) is 5.56 Å². The minimum atomic E-state index is -4.79. The molecule has 2 N–H and O–H groups in total. The second kappa shape index (κ2) is 4.35. The monoisotopic (exact) mass is 222 g/mol. The summed E-state index contributed by atoms with van der Waals surface area (Å²) in [5, 5.41) is 0. The third-order valence-corrected chi connectivity index (χ3v) is 1.55. The highest BCUT2D eigenvalue weighted by atomic mass is 19.4. The van der Waals surface area contributed by atoms with Crippen molar-refractivity contribution in [1.29, 1.82) is 0 Å². The Hall–Kier alpha value is -1.50. The van der Waals surface area contributed by atoms with Crippen LogP contribution in [0.3, 0.4) is 0 Å². The molecular weight excluding hydrogens is 213 g/mol. The highest BCUT2D eigenvalue weighted by molar-refractivity contribution is 5.30. The second-order valence-corrected chi connectivity index (χ2v) is 2.57. The lowest BCUT2D eigenvalue weighted by atomic mass is 10.3. The van der Waals surface area contributed by atoms with Gasteiger partial charge in [-0.2, -0.15) is 4.98 Å². The Bertz CT molecular complexity index is 341. The van der Waals surface area contributed by atoms with Gasteiger partial charge in [0.15, 0.2) is 0 Å². The highest BCUT2D eigenvalue weighted by Crippen LogP contribution is 2.26. The lowest BCUT2D eigenvalue weighted by Crippen LogP contribution is -2.19. The van der Waals surface area contributed by atoms with E-state index in [1.54, 1.807) is 0 Å². The van der Waals surface area contributed by atoms with Crippen LogP contribution in [0.25, 0.3) is 0 Å². The lowest BCUT2D eigenvalue weighted by molar-refractivity contribution is -0.276. The molecule has 0 aliphatic rings. The molecule has 0 fully saturated rings. The van der Waals surface area contributed by atoms with Crippen molar-refractivity contribution in [2.75, 3.05) is 7.11 Å². The number of hydrogen-bond acceptors (Lipinski definition) is 4. The molecule has 15 heavy (non-hydrogen) atoms. The molecule has 4 nitrogen and oxygen atoms in total. The molecule has 1 heterocycles. The SMILES string of the molecule is COc1ccc(CN)c(OC(F)(F)F)n1. The summed E-state index contributed by atoms with van der Waals surface area (Å²) in [6.07, 6.45) is -4.79. The minimum absolute atomic E-state index is 0.0338. The number of pyridine rings is 1. The molecule has 0 atom stereocenters. The Labute approximate surface area is 83.8 Å². The molecule has 0 spiro atoms. The Kier molecular flexibility index (Phi) is 3.35. The number of aromatic nitrogens is 1. The standard InChI is InChI=1S/C8H9F3N2O2/c1-14-6-3-2-5(4-12)7(13-6)15-8(9,10)11/h2-3H,4,12H2,1H3. The fourth-order valence-corrected chi connectivity index (χ4v) is 0.919. The van der Waals surface area contributed by atoms with E-state index >= 15 is 0 Å². The molecule has 0 saturated heterocycles. The lowest BCUT2D eigenvalue weighted by Gasteiger charge is -2.11. The number of nitrogens with zero attached hydrogens (tertiary/aromatic N) is 1. The average molecular weight is 222 g/mol. The number of methoxy groups -OCH3 is 1. The average Bonchev–Trinajstić information content (AvgIpc) is 2.15. The molecule has 0 radical (unpaired) electrons. The topological polar surface area (TPSA) is 57.4 Å². The van der Waals surface area contributed by atoms with Crippen molar-refractivity contribution in [1.82, 2.24) is 4.98 Å². The molecule has 0 amide bonds. The molecule has 0 aliphatic carbocycles. The van der Waals surface area contributed by atoms with Crippen molar-refractivity contribution < 1.29 is 22.6 Å². The van der Waals surface area contributed by atoms with Crippen LogP contribution < -0.4 is 15.2 Å². The smallest absolute Gasteiger partial charge is 0.481 e. The molecular formula is C8H9F3N2O2. The number of alkyl halides is 3.